The highest BCUT2D eigenvalue weighted by molar-refractivity contribution is 6.04. The van der Waals surface area contributed by atoms with E-state index in [0.29, 0.717) is 0 Å². The van der Waals surface area contributed by atoms with Gasteiger partial charge in [-0.1, -0.05) is 60.7 Å². The number of hydrogen-bond acceptors (Lipinski definition) is 1. The van der Waals surface area contributed by atoms with Crippen molar-refractivity contribution >= 4 is 17.0 Å². The van der Waals surface area contributed by atoms with Gasteiger partial charge in [-0.05, 0) is 36.6 Å². The highest BCUT2D eigenvalue weighted by atomic mass is 14.7. The van der Waals surface area contributed by atoms with E-state index in [9.17, 15) is 0 Å². The Kier molecular flexibility index (Phi) is 3.60. The average Bonchev–Trinajstić information content (AvgIpc) is 3.02. The Balaban J connectivity index is 2.00. The van der Waals surface area contributed by atoms with Crippen LogP contribution >= 0.6 is 0 Å². The molecule has 0 bridgehead atoms. The Morgan fingerprint density at radius 3 is 2.45 bits per heavy atom. The van der Waals surface area contributed by atoms with Crippen molar-refractivity contribution in [1.29, 1.82) is 0 Å². The molecule has 1 aliphatic rings. The zero-order chi connectivity index (χ0) is 13.8. The molecule has 2 aromatic carbocycles. The molecular weight excluding hydrogens is 242 g/mol. The summed E-state index contributed by atoms with van der Waals surface area (Å²) in [5.41, 5.74) is 5.92. The van der Waals surface area contributed by atoms with Gasteiger partial charge in [0.15, 0.2) is 0 Å². The van der Waals surface area contributed by atoms with Crippen molar-refractivity contribution in [3.05, 3.63) is 84.0 Å². The predicted molar refractivity (Wildman–Crippen MR) is 86.5 cm³/mol. The van der Waals surface area contributed by atoms with E-state index in [0.717, 1.165) is 17.8 Å². The van der Waals surface area contributed by atoms with Crippen molar-refractivity contribution in [3.63, 3.8) is 0 Å². The third-order valence-corrected chi connectivity index (χ3v) is 3.49. The summed E-state index contributed by atoms with van der Waals surface area (Å²) in [6, 6.07) is 18.6. The fraction of sp³-hybridized carbons (Fsp3) is 0.105. The molecule has 98 valence electrons. The van der Waals surface area contributed by atoms with Crippen molar-refractivity contribution in [3.8, 4) is 0 Å². The predicted octanol–water partition coefficient (Wildman–Crippen LogP) is 5.17. The smallest absolute Gasteiger partial charge is 0.0633 e. The summed E-state index contributed by atoms with van der Waals surface area (Å²) < 4.78 is 0. The molecule has 0 radical (unpaired) electrons. The van der Waals surface area contributed by atoms with Gasteiger partial charge in [0.05, 0.1) is 5.69 Å². The molecule has 0 unspecified atom stereocenters. The lowest BCUT2D eigenvalue weighted by atomic mass is 9.96. The van der Waals surface area contributed by atoms with Gasteiger partial charge in [-0.15, -0.1) is 0 Å². The Morgan fingerprint density at radius 2 is 1.70 bits per heavy atom. The summed E-state index contributed by atoms with van der Waals surface area (Å²) in [7, 11) is 0. The van der Waals surface area contributed by atoms with Crippen molar-refractivity contribution < 1.29 is 0 Å². The number of hydrogen-bond donors (Lipinski definition) is 0. The van der Waals surface area contributed by atoms with Crippen LogP contribution in [0, 0.1) is 0 Å². The fourth-order valence-corrected chi connectivity index (χ4v) is 2.48. The molecule has 1 aliphatic carbocycles. The lowest BCUT2D eigenvalue weighted by molar-refractivity contribution is 1.40. The molecule has 0 amide bonds. The van der Waals surface area contributed by atoms with Crippen molar-refractivity contribution in [2.24, 2.45) is 4.99 Å². The maximum atomic E-state index is 4.73. The zero-order valence-corrected chi connectivity index (χ0v) is 11.6. The molecule has 1 nitrogen and oxygen atoms in total. The van der Waals surface area contributed by atoms with E-state index in [1.54, 1.807) is 0 Å². The Morgan fingerprint density at radius 1 is 0.950 bits per heavy atom. The number of benzene rings is 2. The van der Waals surface area contributed by atoms with Crippen molar-refractivity contribution in [1.82, 2.24) is 0 Å². The van der Waals surface area contributed by atoms with Crippen LogP contribution in [-0.4, -0.2) is 5.71 Å². The molecule has 0 fully saturated rings. The van der Waals surface area contributed by atoms with E-state index in [-0.39, 0.29) is 0 Å². The molecule has 20 heavy (non-hydrogen) atoms. The Hall–Kier alpha value is -2.41. The molecule has 0 spiro atoms. The first kappa shape index (κ1) is 12.6. The summed E-state index contributed by atoms with van der Waals surface area (Å²) >= 11 is 0. The molecule has 0 atom stereocenters. The average molecular weight is 259 g/mol. The van der Waals surface area contributed by atoms with Gasteiger partial charge in [0.1, 0.15) is 0 Å². The van der Waals surface area contributed by atoms with Crippen LogP contribution in [0.15, 0.2) is 77.8 Å². The molecule has 0 N–H and O–H groups in total. The van der Waals surface area contributed by atoms with Crippen LogP contribution in [0.2, 0.25) is 0 Å². The minimum atomic E-state index is 0.998. The Labute approximate surface area is 120 Å². The monoisotopic (exact) mass is 259 g/mol. The van der Waals surface area contributed by atoms with Crippen LogP contribution in [0.1, 0.15) is 24.5 Å². The minimum absolute atomic E-state index is 0.998. The number of nitrogens with zero attached hydrogens (tertiary/aromatic N) is 1. The first-order chi connectivity index (χ1) is 9.84. The quantitative estimate of drug-likeness (QED) is 0.674. The molecule has 0 saturated carbocycles. The van der Waals surface area contributed by atoms with Gasteiger partial charge in [0.25, 0.3) is 0 Å². The summed E-state index contributed by atoms with van der Waals surface area (Å²) in [6.45, 7) is 2.08. The number of rotatable bonds is 3. The third kappa shape index (κ3) is 2.62. The first-order valence-electron chi connectivity index (χ1n) is 6.90. The zero-order valence-electron chi connectivity index (χ0n) is 11.6. The normalized spacial score (nSPS) is 14.4. The van der Waals surface area contributed by atoms with Gasteiger partial charge in [-0.2, -0.15) is 0 Å². The summed E-state index contributed by atoms with van der Waals surface area (Å²) in [4.78, 5) is 4.73. The van der Waals surface area contributed by atoms with Crippen LogP contribution in [-0.2, 0) is 0 Å². The maximum absolute atomic E-state index is 4.73. The second kappa shape index (κ2) is 5.70. The van der Waals surface area contributed by atoms with Gasteiger partial charge in [-0.3, -0.25) is 4.99 Å². The van der Waals surface area contributed by atoms with Gasteiger partial charge in [-0.25, -0.2) is 0 Å². The largest absolute Gasteiger partial charge is 0.253 e. The molecule has 0 aliphatic heterocycles. The first-order valence-corrected chi connectivity index (χ1v) is 6.90. The molecule has 3 rings (SSSR count). The van der Waals surface area contributed by atoms with E-state index >= 15 is 0 Å². The van der Waals surface area contributed by atoms with Crippen LogP contribution in [0.5, 0.6) is 0 Å². The van der Waals surface area contributed by atoms with Crippen molar-refractivity contribution in [2.45, 2.75) is 13.3 Å². The van der Waals surface area contributed by atoms with Gasteiger partial charge >= 0.3 is 0 Å². The lowest BCUT2D eigenvalue weighted by Crippen LogP contribution is -1.99. The molecule has 1 heteroatoms. The van der Waals surface area contributed by atoms with E-state index < -0.39 is 0 Å². The third-order valence-electron chi connectivity index (χ3n) is 3.49. The van der Waals surface area contributed by atoms with E-state index in [1.807, 2.05) is 30.3 Å². The molecule has 2 aromatic rings. The summed E-state index contributed by atoms with van der Waals surface area (Å²) in [5, 5.41) is 0. The standard InChI is InChI=1S/C19H17N/c1-15(20-17-11-3-2-4-12-17)18-13-7-8-14-19(18)16-9-5-6-10-16/h2-9,11-14H,10H2,1H3/b20-15+. The second-order valence-corrected chi connectivity index (χ2v) is 4.90. The molecule has 0 heterocycles. The topological polar surface area (TPSA) is 12.4 Å². The van der Waals surface area contributed by atoms with E-state index in [2.05, 4.69) is 49.4 Å². The van der Waals surface area contributed by atoms with Crippen LogP contribution in [0.4, 0.5) is 5.69 Å². The maximum Gasteiger partial charge on any atom is 0.0633 e. The number of para-hydroxylation sites is 1. The highest BCUT2D eigenvalue weighted by Crippen LogP contribution is 2.27. The molecule has 0 saturated heterocycles. The van der Waals surface area contributed by atoms with Crippen LogP contribution in [0.25, 0.3) is 5.57 Å². The SMILES string of the molecule is C/C(=N\c1ccccc1)c1ccccc1C1=CC=CC1. The van der Waals surface area contributed by atoms with E-state index in [1.165, 1.54) is 16.7 Å². The fourth-order valence-electron chi connectivity index (χ4n) is 2.48. The lowest BCUT2D eigenvalue weighted by Gasteiger charge is -2.10. The van der Waals surface area contributed by atoms with Crippen LogP contribution < -0.4 is 0 Å². The van der Waals surface area contributed by atoms with Crippen LogP contribution in [0.3, 0.4) is 0 Å². The number of aliphatic imine (C=N–C) groups is 1. The number of allylic oxidation sites excluding steroid dienone is 4. The summed E-state index contributed by atoms with van der Waals surface area (Å²) in [6.07, 6.45) is 7.51. The molecule has 0 aromatic heterocycles. The van der Waals surface area contributed by atoms with E-state index in [4.69, 9.17) is 4.99 Å². The van der Waals surface area contributed by atoms with Crippen molar-refractivity contribution in [2.75, 3.05) is 0 Å². The van der Waals surface area contributed by atoms with Gasteiger partial charge in [0.2, 0.25) is 0 Å². The highest BCUT2D eigenvalue weighted by Gasteiger charge is 2.10. The Bertz CT molecular complexity index is 691. The van der Waals surface area contributed by atoms with Gasteiger partial charge in [0, 0.05) is 11.3 Å². The van der Waals surface area contributed by atoms with Gasteiger partial charge < -0.3 is 0 Å². The summed E-state index contributed by atoms with van der Waals surface area (Å²) in [5.74, 6) is 0. The second-order valence-electron chi connectivity index (χ2n) is 4.90. The minimum Gasteiger partial charge on any atom is -0.253 e. The molecular formula is C19H17N.